The average Bonchev–Trinajstić information content (AvgIpc) is 2.93. The van der Waals surface area contributed by atoms with Crippen molar-refractivity contribution in [2.75, 3.05) is 45.5 Å². The molecular weight excluding hydrogens is 302 g/mol. The highest BCUT2D eigenvalue weighted by molar-refractivity contribution is 7.88. The van der Waals surface area contributed by atoms with Gasteiger partial charge in [0.2, 0.25) is 15.9 Å². The summed E-state index contributed by atoms with van der Waals surface area (Å²) < 4.78 is 24.4. The van der Waals surface area contributed by atoms with Crippen molar-refractivity contribution in [1.29, 1.82) is 0 Å². The van der Waals surface area contributed by atoms with Crippen molar-refractivity contribution in [3.8, 4) is 0 Å². The Morgan fingerprint density at radius 3 is 2.55 bits per heavy atom. The van der Waals surface area contributed by atoms with Crippen molar-refractivity contribution in [2.45, 2.75) is 38.5 Å². The third-order valence-corrected chi connectivity index (χ3v) is 5.88. The Labute approximate surface area is 134 Å². The van der Waals surface area contributed by atoms with Crippen molar-refractivity contribution in [3.05, 3.63) is 0 Å². The lowest BCUT2D eigenvalue weighted by Gasteiger charge is -2.26. The maximum Gasteiger partial charge on any atom is 0.220 e. The summed E-state index contributed by atoms with van der Waals surface area (Å²) in [7, 11) is -3.11. The lowest BCUT2D eigenvalue weighted by atomic mass is 10.0. The average molecular weight is 331 g/mol. The van der Waals surface area contributed by atoms with Gasteiger partial charge < -0.3 is 10.2 Å². The van der Waals surface area contributed by atoms with Crippen LogP contribution in [0.5, 0.6) is 0 Å². The van der Waals surface area contributed by atoms with Crippen molar-refractivity contribution < 1.29 is 13.2 Å². The first kappa shape index (κ1) is 17.7. The van der Waals surface area contributed by atoms with Gasteiger partial charge in [0, 0.05) is 26.1 Å². The molecule has 1 atom stereocenters. The zero-order chi connectivity index (χ0) is 16.0. The largest absolute Gasteiger partial charge is 0.356 e. The molecule has 0 bridgehead atoms. The van der Waals surface area contributed by atoms with Gasteiger partial charge in [-0.3, -0.25) is 4.79 Å². The van der Waals surface area contributed by atoms with Crippen LogP contribution >= 0.6 is 0 Å². The maximum atomic E-state index is 11.9. The van der Waals surface area contributed by atoms with Gasteiger partial charge in [-0.05, 0) is 51.2 Å². The Morgan fingerprint density at radius 2 is 1.91 bits per heavy atom. The summed E-state index contributed by atoms with van der Waals surface area (Å²) in [6.45, 7) is 5.20. The molecule has 22 heavy (non-hydrogen) atoms. The predicted octanol–water partition coefficient (Wildman–Crippen LogP) is 0.650. The number of carbonyl (C=O) groups excluding carboxylic acids is 1. The summed E-state index contributed by atoms with van der Waals surface area (Å²) in [5.74, 6) is 0.218. The molecule has 0 aromatic carbocycles. The lowest BCUT2D eigenvalue weighted by Crippen LogP contribution is -2.34. The molecule has 2 heterocycles. The standard InChI is InChI=1S/C15H29N3O3S/c1-22(20,21)18-11-6-14(13-18)12-15(19)16-7-5-10-17-8-3-2-4-9-17/h14H,2-13H2,1H3,(H,16,19). The fourth-order valence-electron chi connectivity index (χ4n) is 3.31. The van der Waals surface area contributed by atoms with Crippen LogP contribution in [-0.4, -0.2) is 69.1 Å². The first-order chi connectivity index (χ1) is 10.4. The van der Waals surface area contributed by atoms with E-state index in [9.17, 15) is 13.2 Å². The van der Waals surface area contributed by atoms with Crippen LogP contribution in [0.2, 0.25) is 0 Å². The first-order valence-electron chi connectivity index (χ1n) is 8.39. The van der Waals surface area contributed by atoms with Gasteiger partial charge in [-0.2, -0.15) is 0 Å². The molecule has 1 unspecified atom stereocenters. The second kappa shape index (κ2) is 8.26. The summed E-state index contributed by atoms with van der Waals surface area (Å²) in [6.07, 6.45) is 7.39. The summed E-state index contributed by atoms with van der Waals surface area (Å²) in [5.41, 5.74) is 0. The molecule has 2 fully saturated rings. The monoisotopic (exact) mass is 331 g/mol. The number of nitrogens with zero attached hydrogens (tertiary/aromatic N) is 2. The number of hydrogen-bond donors (Lipinski definition) is 1. The Morgan fingerprint density at radius 1 is 1.18 bits per heavy atom. The number of amides is 1. The highest BCUT2D eigenvalue weighted by atomic mass is 32.2. The SMILES string of the molecule is CS(=O)(=O)N1CCC(CC(=O)NCCCN2CCCCC2)C1. The van der Waals surface area contributed by atoms with Gasteiger partial charge in [-0.25, -0.2) is 12.7 Å². The molecule has 128 valence electrons. The second-order valence-electron chi connectivity index (χ2n) is 6.59. The number of nitrogens with one attached hydrogen (secondary N) is 1. The van der Waals surface area contributed by atoms with Gasteiger partial charge in [0.15, 0.2) is 0 Å². The van der Waals surface area contributed by atoms with E-state index in [-0.39, 0.29) is 11.8 Å². The molecule has 1 N–H and O–H groups in total. The van der Waals surface area contributed by atoms with Crippen molar-refractivity contribution in [1.82, 2.24) is 14.5 Å². The lowest BCUT2D eigenvalue weighted by molar-refractivity contribution is -0.121. The fraction of sp³-hybridized carbons (Fsp3) is 0.933. The van der Waals surface area contributed by atoms with Crippen molar-refractivity contribution in [2.24, 2.45) is 5.92 Å². The summed E-state index contributed by atoms with van der Waals surface area (Å²) in [4.78, 5) is 14.4. The molecule has 0 spiro atoms. The van der Waals surface area contributed by atoms with Crippen LogP contribution in [-0.2, 0) is 14.8 Å². The smallest absolute Gasteiger partial charge is 0.220 e. The number of likely N-dealkylation sites (tertiary alicyclic amines) is 1. The molecule has 0 aliphatic carbocycles. The third kappa shape index (κ3) is 5.85. The Balaban J connectivity index is 1.56. The molecule has 6 nitrogen and oxygen atoms in total. The van der Waals surface area contributed by atoms with Gasteiger partial charge >= 0.3 is 0 Å². The molecule has 2 aliphatic rings. The van der Waals surface area contributed by atoms with Gasteiger partial charge in [-0.1, -0.05) is 6.42 Å². The van der Waals surface area contributed by atoms with E-state index >= 15 is 0 Å². The zero-order valence-electron chi connectivity index (χ0n) is 13.6. The molecule has 2 aliphatic heterocycles. The highest BCUT2D eigenvalue weighted by Gasteiger charge is 2.29. The topological polar surface area (TPSA) is 69.7 Å². The summed E-state index contributed by atoms with van der Waals surface area (Å²) >= 11 is 0. The van der Waals surface area contributed by atoms with E-state index < -0.39 is 10.0 Å². The van der Waals surface area contributed by atoms with E-state index in [2.05, 4.69) is 10.2 Å². The molecule has 0 radical (unpaired) electrons. The van der Waals surface area contributed by atoms with Crippen LogP contribution < -0.4 is 5.32 Å². The first-order valence-corrected chi connectivity index (χ1v) is 10.2. The number of piperidine rings is 1. The van der Waals surface area contributed by atoms with Crippen LogP contribution in [0.4, 0.5) is 0 Å². The number of carbonyl (C=O) groups is 1. The van der Waals surface area contributed by atoms with Crippen LogP contribution in [0.25, 0.3) is 0 Å². The minimum absolute atomic E-state index is 0.0546. The van der Waals surface area contributed by atoms with Gasteiger partial charge in [0.05, 0.1) is 6.26 Å². The number of hydrogen-bond acceptors (Lipinski definition) is 4. The summed E-state index contributed by atoms with van der Waals surface area (Å²) in [5, 5.41) is 2.97. The summed E-state index contributed by atoms with van der Waals surface area (Å²) in [6, 6.07) is 0. The van der Waals surface area contributed by atoms with Crippen molar-refractivity contribution in [3.63, 3.8) is 0 Å². The van der Waals surface area contributed by atoms with Gasteiger partial charge in [0.1, 0.15) is 0 Å². The van der Waals surface area contributed by atoms with Crippen LogP contribution in [0, 0.1) is 5.92 Å². The van der Waals surface area contributed by atoms with E-state index in [4.69, 9.17) is 0 Å². The minimum Gasteiger partial charge on any atom is -0.356 e. The van der Waals surface area contributed by atoms with E-state index in [1.807, 2.05) is 0 Å². The van der Waals surface area contributed by atoms with Gasteiger partial charge in [-0.15, -0.1) is 0 Å². The Kier molecular flexibility index (Phi) is 6.65. The molecule has 0 aromatic rings. The van der Waals surface area contributed by atoms with Crippen LogP contribution in [0.3, 0.4) is 0 Å². The molecule has 0 saturated carbocycles. The van der Waals surface area contributed by atoms with Crippen LogP contribution in [0.15, 0.2) is 0 Å². The predicted molar refractivity (Wildman–Crippen MR) is 87.1 cm³/mol. The molecular formula is C15H29N3O3S. The number of rotatable bonds is 7. The molecule has 1 amide bonds. The van der Waals surface area contributed by atoms with Gasteiger partial charge in [0.25, 0.3) is 0 Å². The molecule has 0 aromatic heterocycles. The highest BCUT2D eigenvalue weighted by Crippen LogP contribution is 2.21. The third-order valence-electron chi connectivity index (χ3n) is 4.61. The Bertz CT molecular complexity index is 461. The quantitative estimate of drug-likeness (QED) is 0.696. The Hall–Kier alpha value is -0.660. The van der Waals surface area contributed by atoms with E-state index in [1.54, 1.807) is 0 Å². The normalized spacial score (nSPS) is 24.5. The molecule has 2 saturated heterocycles. The van der Waals surface area contributed by atoms with Crippen LogP contribution in [0.1, 0.15) is 38.5 Å². The maximum absolute atomic E-state index is 11.9. The van der Waals surface area contributed by atoms with Crippen molar-refractivity contribution >= 4 is 15.9 Å². The number of sulfonamides is 1. The molecule has 2 rings (SSSR count). The zero-order valence-corrected chi connectivity index (χ0v) is 14.4. The molecule has 7 heteroatoms. The van der Waals surface area contributed by atoms with E-state index in [0.717, 1.165) is 25.9 Å². The second-order valence-corrected chi connectivity index (χ2v) is 8.57. The van der Waals surface area contributed by atoms with E-state index in [1.165, 1.54) is 42.9 Å². The fourth-order valence-corrected chi connectivity index (χ4v) is 4.23. The van der Waals surface area contributed by atoms with E-state index in [0.29, 0.717) is 19.5 Å². The minimum atomic E-state index is -3.11.